The zero-order valence-electron chi connectivity index (χ0n) is 25.3. The Kier molecular flexibility index (Phi) is 11.7. The average molecular weight is 611 g/mol. The number of allylic oxidation sites excluding steroid dienone is 2. The molecule has 2 N–H and O–H groups in total. The van der Waals surface area contributed by atoms with Crippen molar-refractivity contribution in [2.24, 2.45) is 4.99 Å². The maximum Gasteiger partial charge on any atom is 0.262 e. The molecule has 1 unspecified atom stereocenters. The number of hydrogen-bond acceptors (Lipinski definition) is 7. The van der Waals surface area contributed by atoms with Gasteiger partial charge in [0, 0.05) is 35.3 Å². The Hall–Kier alpha value is -4.47. The molecule has 0 saturated carbocycles. The molecule has 1 atom stereocenters. The normalized spacial score (nSPS) is 14.4. The summed E-state index contributed by atoms with van der Waals surface area (Å²) in [6.07, 6.45) is 7.58. The largest absolute Gasteiger partial charge is 0.494 e. The number of hydrogen-bond donors (Lipinski definition) is 2. The van der Waals surface area contributed by atoms with Crippen molar-refractivity contribution in [2.45, 2.75) is 26.2 Å². The Morgan fingerprint density at radius 1 is 1.07 bits per heavy atom. The van der Waals surface area contributed by atoms with Crippen LogP contribution in [0.25, 0.3) is 0 Å². The van der Waals surface area contributed by atoms with Crippen LogP contribution in [-0.2, 0) is 9.59 Å². The molecular weight excluding hydrogens is 572 g/mol. The SMILES string of the molecule is C=CC=C(SC)C(=O)Nc1cccc(C(=O)c2ccc3c(c2)NC(=O)C3C=Nc2ccc(OCCCN(CC)CC)cc2)c1. The van der Waals surface area contributed by atoms with Crippen molar-refractivity contribution in [3.05, 3.63) is 107 Å². The maximum absolute atomic E-state index is 13.3. The van der Waals surface area contributed by atoms with Crippen LogP contribution in [0.3, 0.4) is 0 Å². The van der Waals surface area contributed by atoms with E-state index in [0.717, 1.165) is 37.4 Å². The quantitative estimate of drug-likeness (QED) is 0.0643. The molecule has 0 radical (unpaired) electrons. The zero-order valence-corrected chi connectivity index (χ0v) is 26.2. The standard InChI is InChI=1S/C35H38N4O4S/c1-5-10-32(44-4)35(42)37-27-12-8-11-24(21-27)33(40)25-13-18-29-30(34(41)38-31(29)22-25)23-36-26-14-16-28(17-15-26)43-20-9-19-39(6-2)7-3/h5,8,10-18,21-23,30H,1,6-7,9,19-20H2,2-4H3,(H,37,42)(H,38,41). The highest BCUT2D eigenvalue weighted by atomic mass is 32.2. The number of anilines is 2. The van der Waals surface area contributed by atoms with Gasteiger partial charge in [-0.1, -0.05) is 50.8 Å². The number of nitrogens with zero attached hydrogens (tertiary/aromatic N) is 2. The Balaban J connectivity index is 1.39. The second-order valence-corrected chi connectivity index (χ2v) is 11.0. The highest BCUT2D eigenvalue weighted by Crippen LogP contribution is 2.33. The van der Waals surface area contributed by atoms with E-state index < -0.39 is 5.92 Å². The Bertz CT molecular complexity index is 1560. The summed E-state index contributed by atoms with van der Waals surface area (Å²) >= 11 is 1.31. The van der Waals surface area contributed by atoms with Crippen molar-refractivity contribution in [1.82, 2.24) is 4.90 Å². The minimum Gasteiger partial charge on any atom is -0.494 e. The van der Waals surface area contributed by atoms with E-state index in [1.54, 1.807) is 67.1 Å². The fourth-order valence-corrected chi connectivity index (χ4v) is 5.29. The molecule has 0 aliphatic carbocycles. The molecule has 0 fully saturated rings. The first kappa shape index (κ1) is 32.4. The zero-order chi connectivity index (χ0) is 31.5. The van der Waals surface area contributed by atoms with E-state index in [9.17, 15) is 14.4 Å². The summed E-state index contributed by atoms with van der Waals surface area (Å²) in [6.45, 7) is 11.7. The highest BCUT2D eigenvalue weighted by Gasteiger charge is 2.30. The first-order valence-corrected chi connectivity index (χ1v) is 15.9. The van der Waals surface area contributed by atoms with Crippen LogP contribution in [0, 0.1) is 0 Å². The summed E-state index contributed by atoms with van der Waals surface area (Å²) in [5, 5.41) is 5.69. The number of benzene rings is 3. The van der Waals surface area contributed by atoms with Crippen LogP contribution in [0.15, 0.2) is 95.4 Å². The second kappa shape index (κ2) is 15.8. The fraction of sp³-hybridized carbons (Fsp3) is 0.257. The number of ketones is 1. The third kappa shape index (κ3) is 8.33. The van der Waals surface area contributed by atoms with Crippen molar-refractivity contribution in [3.8, 4) is 5.75 Å². The maximum atomic E-state index is 13.3. The van der Waals surface area contributed by atoms with Gasteiger partial charge in [0.25, 0.3) is 5.91 Å². The number of nitrogens with one attached hydrogen (secondary N) is 2. The summed E-state index contributed by atoms with van der Waals surface area (Å²) in [4.78, 5) is 46.1. The molecule has 0 spiro atoms. The van der Waals surface area contributed by atoms with Gasteiger partial charge in [0.15, 0.2) is 5.78 Å². The molecule has 1 heterocycles. The molecule has 228 valence electrons. The van der Waals surface area contributed by atoms with Gasteiger partial charge in [0.2, 0.25) is 5.91 Å². The van der Waals surface area contributed by atoms with E-state index in [4.69, 9.17) is 4.74 Å². The van der Waals surface area contributed by atoms with Crippen molar-refractivity contribution in [2.75, 3.05) is 43.1 Å². The molecular formula is C35H38N4O4S. The summed E-state index contributed by atoms with van der Waals surface area (Å²) in [5.74, 6) is -0.494. The molecule has 1 aliphatic rings. The Morgan fingerprint density at radius 3 is 2.52 bits per heavy atom. The van der Waals surface area contributed by atoms with Gasteiger partial charge in [-0.2, -0.15) is 0 Å². The molecule has 3 aromatic carbocycles. The smallest absolute Gasteiger partial charge is 0.262 e. The van der Waals surface area contributed by atoms with Crippen LogP contribution in [0.5, 0.6) is 5.75 Å². The highest BCUT2D eigenvalue weighted by molar-refractivity contribution is 8.03. The van der Waals surface area contributed by atoms with E-state index >= 15 is 0 Å². The summed E-state index contributed by atoms with van der Waals surface area (Å²) in [5.41, 5.74) is 3.39. The molecule has 0 saturated heterocycles. The number of carbonyl (C=O) groups is 3. The van der Waals surface area contributed by atoms with E-state index in [1.807, 2.05) is 24.3 Å². The molecule has 0 bridgehead atoms. The summed E-state index contributed by atoms with van der Waals surface area (Å²) < 4.78 is 5.86. The lowest BCUT2D eigenvalue weighted by molar-refractivity contribution is -0.115. The predicted molar refractivity (Wildman–Crippen MR) is 181 cm³/mol. The van der Waals surface area contributed by atoms with E-state index in [2.05, 4.69) is 41.0 Å². The third-order valence-electron chi connectivity index (χ3n) is 7.28. The van der Waals surface area contributed by atoms with Gasteiger partial charge in [-0.05, 0) is 79.9 Å². The number of aliphatic imine (C=N–C) groups is 1. The lowest BCUT2D eigenvalue weighted by Crippen LogP contribution is -2.25. The van der Waals surface area contributed by atoms with Gasteiger partial charge >= 0.3 is 0 Å². The molecule has 44 heavy (non-hydrogen) atoms. The van der Waals surface area contributed by atoms with Crippen LogP contribution < -0.4 is 15.4 Å². The monoisotopic (exact) mass is 610 g/mol. The molecule has 9 heteroatoms. The number of amides is 2. The van der Waals surface area contributed by atoms with E-state index in [-0.39, 0.29) is 17.6 Å². The summed E-state index contributed by atoms with van der Waals surface area (Å²) in [6, 6.07) is 19.4. The average Bonchev–Trinajstić information content (AvgIpc) is 3.36. The van der Waals surface area contributed by atoms with Crippen LogP contribution in [0.1, 0.15) is 47.7 Å². The van der Waals surface area contributed by atoms with Gasteiger partial charge in [-0.3, -0.25) is 19.4 Å². The number of ether oxygens (including phenoxy) is 1. The number of thioether (sulfide) groups is 1. The van der Waals surface area contributed by atoms with Gasteiger partial charge < -0.3 is 20.3 Å². The van der Waals surface area contributed by atoms with Gasteiger partial charge in [-0.25, -0.2) is 0 Å². The van der Waals surface area contributed by atoms with Crippen LogP contribution in [0.4, 0.5) is 17.1 Å². The van der Waals surface area contributed by atoms with E-state index in [0.29, 0.717) is 39.7 Å². The molecule has 4 rings (SSSR count). The lowest BCUT2D eigenvalue weighted by Gasteiger charge is -2.17. The topological polar surface area (TPSA) is 100 Å². The molecule has 2 amide bonds. The molecule has 1 aliphatic heterocycles. The van der Waals surface area contributed by atoms with Crippen LogP contribution >= 0.6 is 11.8 Å². The van der Waals surface area contributed by atoms with Crippen molar-refractivity contribution in [3.63, 3.8) is 0 Å². The van der Waals surface area contributed by atoms with Crippen molar-refractivity contribution < 1.29 is 19.1 Å². The third-order valence-corrected chi connectivity index (χ3v) is 8.04. The second-order valence-electron chi connectivity index (χ2n) is 10.1. The number of fused-ring (bicyclic) bond motifs is 1. The minimum atomic E-state index is -0.571. The molecule has 3 aromatic rings. The predicted octanol–water partition coefficient (Wildman–Crippen LogP) is 6.84. The van der Waals surface area contributed by atoms with Crippen LogP contribution in [-0.4, -0.2) is 61.2 Å². The van der Waals surface area contributed by atoms with Gasteiger partial charge in [0.1, 0.15) is 11.7 Å². The Labute approximate surface area is 263 Å². The summed E-state index contributed by atoms with van der Waals surface area (Å²) in [7, 11) is 0. The lowest BCUT2D eigenvalue weighted by atomic mass is 9.97. The first-order chi connectivity index (χ1) is 21.4. The molecule has 8 nitrogen and oxygen atoms in total. The van der Waals surface area contributed by atoms with E-state index in [1.165, 1.54) is 11.8 Å². The molecule has 0 aromatic heterocycles. The Morgan fingerprint density at radius 2 is 1.82 bits per heavy atom. The number of rotatable bonds is 15. The fourth-order valence-electron chi connectivity index (χ4n) is 4.82. The minimum absolute atomic E-state index is 0.205. The first-order valence-electron chi connectivity index (χ1n) is 14.6. The van der Waals surface area contributed by atoms with Gasteiger partial charge in [0.05, 0.1) is 17.2 Å². The number of carbonyl (C=O) groups excluding carboxylic acids is 3. The van der Waals surface area contributed by atoms with Crippen molar-refractivity contribution in [1.29, 1.82) is 0 Å². The van der Waals surface area contributed by atoms with Gasteiger partial charge in [-0.15, -0.1) is 11.8 Å². The van der Waals surface area contributed by atoms with Crippen molar-refractivity contribution >= 4 is 52.6 Å². The van der Waals surface area contributed by atoms with Crippen LogP contribution in [0.2, 0.25) is 0 Å².